The van der Waals surface area contributed by atoms with E-state index in [2.05, 4.69) is 60.0 Å². The van der Waals surface area contributed by atoms with Crippen molar-refractivity contribution in [1.29, 1.82) is 0 Å². The van der Waals surface area contributed by atoms with Gasteiger partial charge in [0.15, 0.2) is 0 Å². The van der Waals surface area contributed by atoms with Crippen molar-refractivity contribution in [3.05, 3.63) is 59.2 Å². The quantitative estimate of drug-likeness (QED) is 0.883. The second kappa shape index (κ2) is 6.41. The topological polar surface area (TPSA) is 32.5 Å². The molecule has 3 heteroatoms. The molecule has 1 fully saturated rings. The van der Waals surface area contributed by atoms with Crippen LogP contribution in [-0.4, -0.2) is 31.1 Å². The molecule has 1 aliphatic rings. The Balaban J connectivity index is 1.63. The van der Waals surface area contributed by atoms with E-state index in [-0.39, 0.29) is 0 Å². The number of benzene rings is 2. The number of anilines is 2. The SMILES string of the molecule is Cc1c(N)ccc(N2CCN(Cc3ccccc3)CC2)c1C. The third-order valence-electron chi connectivity index (χ3n) is 4.76. The maximum absolute atomic E-state index is 6.00. The van der Waals surface area contributed by atoms with Crippen molar-refractivity contribution in [2.24, 2.45) is 0 Å². The van der Waals surface area contributed by atoms with Crippen molar-refractivity contribution in [1.82, 2.24) is 4.90 Å². The molecule has 0 radical (unpaired) electrons. The van der Waals surface area contributed by atoms with Crippen LogP contribution in [0.15, 0.2) is 42.5 Å². The molecule has 1 heterocycles. The summed E-state index contributed by atoms with van der Waals surface area (Å²) in [6.07, 6.45) is 0. The van der Waals surface area contributed by atoms with Crippen LogP contribution in [0.2, 0.25) is 0 Å². The third-order valence-corrected chi connectivity index (χ3v) is 4.76. The Bertz CT molecular complexity index is 629. The van der Waals surface area contributed by atoms with Gasteiger partial charge in [0.05, 0.1) is 0 Å². The fraction of sp³-hybridized carbons (Fsp3) is 0.368. The summed E-state index contributed by atoms with van der Waals surface area (Å²) in [6, 6.07) is 14.9. The molecule has 2 aromatic carbocycles. The summed E-state index contributed by atoms with van der Waals surface area (Å²) in [4.78, 5) is 5.02. The lowest BCUT2D eigenvalue weighted by molar-refractivity contribution is 0.250. The number of rotatable bonds is 3. The minimum Gasteiger partial charge on any atom is -0.399 e. The summed E-state index contributed by atoms with van der Waals surface area (Å²) in [7, 11) is 0. The Morgan fingerprint density at radius 2 is 1.55 bits per heavy atom. The summed E-state index contributed by atoms with van der Waals surface area (Å²) in [5.74, 6) is 0. The molecule has 22 heavy (non-hydrogen) atoms. The summed E-state index contributed by atoms with van der Waals surface area (Å²) >= 11 is 0. The molecule has 0 unspecified atom stereocenters. The third kappa shape index (κ3) is 3.09. The van der Waals surface area contributed by atoms with Crippen LogP contribution in [0.25, 0.3) is 0 Å². The normalized spacial score (nSPS) is 16.0. The first-order chi connectivity index (χ1) is 10.6. The van der Waals surface area contributed by atoms with E-state index in [4.69, 9.17) is 5.73 Å². The largest absolute Gasteiger partial charge is 0.399 e. The van der Waals surface area contributed by atoms with E-state index >= 15 is 0 Å². The lowest BCUT2D eigenvalue weighted by atomic mass is 10.0. The lowest BCUT2D eigenvalue weighted by Crippen LogP contribution is -2.46. The predicted molar refractivity (Wildman–Crippen MR) is 94.3 cm³/mol. The Morgan fingerprint density at radius 1 is 0.864 bits per heavy atom. The molecule has 0 spiro atoms. The summed E-state index contributed by atoms with van der Waals surface area (Å²) < 4.78 is 0. The van der Waals surface area contributed by atoms with Crippen molar-refractivity contribution in [2.45, 2.75) is 20.4 Å². The second-order valence-corrected chi connectivity index (χ2v) is 6.17. The summed E-state index contributed by atoms with van der Waals surface area (Å²) in [6.45, 7) is 9.72. The average molecular weight is 295 g/mol. The van der Waals surface area contributed by atoms with E-state index in [1.165, 1.54) is 22.4 Å². The van der Waals surface area contributed by atoms with Crippen LogP contribution < -0.4 is 10.6 Å². The van der Waals surface area contributed by atoms with Gasteiger partial charge in [-0.05, 0) is 42.7 Å². The molecule has 0 amide bonds. The Hall–Kier alpha value is -2.00. The van der Waals surface area contributed by atoms with Gasteiger partial charge < -0.3 is 10.6 Å². The van der Waals surface area contributed by atoms with Gasteiger partial charge in [-0.2, -0.15) is 0 Å². The molecule has 116 valence electrons. The van der Waals surface area contributed by atoms with Gasteiger partial charge >= 0.3 is 0 Å². The van der Waals surface area contributed by atoms with Crippen molar-refractivity contribution >= 4 is 11.4 Å². The first kappa shape index (κ1) is 14.9. The van der Waals surface area contributed by atoms with Crippen molar-refractivity contribution in [2.75, 3.05) is 36.8 Å². The van der Waals surface area contributed by atoms with E-state index in [0.717, 1.165) is 38.4 Å². The number of hydrogen-bond donors (Lipinski definition) is 1. The van der Waals surface area contributed by atoms with E-state index in [0.29, 0.717) is 0 Å². The van der Waals surface area contributed by atoms with Gasteiger partial charge in [-0.3, -0.25) is 4.90 Å². The van der Waals surface area contributed by atoms with Crippen molar-refractivity contribution in [3.8, 4) is 0 Å². The molecule has 0 aliphatic carbocycles. The molecule has 0 saturated carbocycles. The number of nitrogens with zero attached hydrogens (tertiary/aromatic N) is 2. The van der Waals surface area contributed by atoms with Crippen LogP contribution in [0.3, 0.4) is 0 Å². The van der Waals surface area contributed by atoms with Gasteiger partial charge in [-0.25, -0.2) is 0 Å². The Labute approximate surface area is 133 Å². The smallest absolute Gasteiger partial charge is 0.0400 e. The van der Waals surface area contributed by atoms with Gasteiger partial charge in [-0.15, -0.1) is 0 Å². The molecular weight excluding hydrogens is 270 g/mol. The van der Waals surface area contributed by atoms with Crippen LogP contribution >= 0.6 is 0 Å². The molecule has 0 aromatic heterocycles. The maximum atomic E-state index is 6.00. The minimum atomic E-state index is 0.893. The summed E-state index contributed by atoms with van der Waals surface area (Å²) in [5, 5.41) is 0. The average Bonchev–Trinajstić information content (AvgIpc) is 2.55. The monoisotopic (exact) mass is 295 g/mol. The minimum absolute atomic E-state index is 0.893. The van der Waals surface area contributed by atoms with Crippen LogP contribution in [0, 0.1) is 13.8 Å². The van der Waals surface area contributed by atoms with Crippen LogP contribution in [0.1, 0.15) is 16.7 Å². The summed E-state index contributed by atoms with van der Waals surface area (Å²) in [5.41, 5.74) is 12.2. The molecule has 3 rings (SSSR count). The first-order valence-electron chi connectivity index (χ1n) is 8.02. The van der Waals surface area contributed by atoms with E-state index in [1.807, 2.05) is 6.07 Å². The second-order valence-electron chi connectivity index (χ2n) is 6.17. The standard InChI is InChI=1S/C19H25N3/c1-15-16(2)19(9-8-18(15)20)22-12-10-21(11-13-22)14-17-6-4-3-5-7-17/h3-9H,10-14,20H2,1-2H3. The molecule has 1 aliphatic heterocycles. The van der Waals surface area contributed by atoms with Gasteiger partial charge in [0.2, 0.25) is 0 Å². The molecule has 2 aromatic rings. The Kier molecular flexibility index (Phi) is 4.34. The highest BCUT2D eigenvalue weighted by Crippen LogP contribution is 2.27. The van der Waals surface area contributed by atoms with Crippen molar-refractivity contribution < 1.29 is 0 Å². The molecule has 0 atom stereocenters. The number of nitrogen functional groups attached to an aromatic ring is 1. The zero-order valence-electron chi connectivity index (χ0n) is 13.5. The highest BCUT2D eigenvalue weighted by molar-refractivity contribution is 5.64. The van der Waals surface area contributed by atoms with Crippen LogP contribution in [0.5, 0.6) is 0 Å². The molecular formula is C19H25N3. The number of nitrogens with two attached hydrogens (primary N) is 1. The van der Waals surface area contributed by atoms with Crippen LogP contribution in [0.4, 0.5) is 11.4 Å². The maximum Gasteiger partial charge on any atom is 0.0400 e. The zero-order chi connectivity index (χ0) is 15.5. The molecule has 1 saturated heterocycles. The molecule has 3 nitrogen and oxygen atoms in total. The zero-order valence-corrected chi connectivity index (χ0v) is 13.5. The first-order valence-corrected chi connectivity index (χ1v) is 8.02. The fourth-order valence-electron chi connectivity index (χ4n) is 3.16. The molecule has 0 bridgehead atoms. The molecule has 2 N–H and O–H groups in total. The van der Waals surface area contributed by atoms with E-state index < -0.39 is 0 Å². The Morgan fingerprint density at radius 3 is 2.23 bits per heavy atom. The van der Waals surface area contributed by atoms with Gasteiger partial charge in [0.25, 0.3) is 0 Å². The predicted octanol–water partition coefficient (Wildman–Crippen LogP) is 3.21. The highest BCUT2D eigenvalue weighted by atomic mass is 15.3. The van der Waals surface area contributed by atoms with E-state index in [9.17, 15) is 0 Å². The van der Waals surface area contributed by atoms with Gasteiger partial charge in [-0.1, -0.05) is 30.3 Å². The van der Waals surface area contributed by atoms with Gasteiger partial charge in [0.1, 0.15) is 0 Å². The van der Waals surface area contributed by atoms with Crippen molar-refractivity contribution in [3.63, 3.8) is 0 Å². The number of piperazine rings is 1. The van der Waals surface area contributed by atoms with E-state index in [1.54, 1.807) is 0 Å². The van der Waals surface area contributed by atoms with Gasteiger partial charge in [0, 0.05) is 44.1 Å². The highest BCUT2D eigenvalue weighted by Gasteiger charge is 2.19. The fourth-order valence-corrected chi connectivity index (χ4v) is 3.16. The number of hydrogen-bond acceptors (Lipinski definition) is 3. The lowest BCUT2D eigenvalue weighted by Gasteiger charge is -2.37. The van der Waals surface area contributed by atoms with Crippen LogP contribution in [-0.2, 0) is 6.54 Å².